The highest BCUT2D eigenvalue weighted by molar-refractivity contribution is 7.99. The van der Waals surface area contributed by atoms with Crippen LogP contribution in [0.5, 0.6) is 0 Å². The van der Waals surface area contributed by atoms with Gasteiger partial charge in [0.2, 0.25) is 10.0 Å². The third-order valence-corrected chi connectivity index (χ3v) is 6.40. The van der Waals surface area contributed by atoms with E-state index in [-0.39, 0.29) is 23.5 Å². The maximum atomic E-state index is 13.4. The van der Waals surface area contributed by atoms with Gasteiger partial charge in [-0.15, -0.1) is 23.4 Å². The predicted octanol–water partition coefficient (Wildman–Crippen LogP) is 3.16. The molecule has 0 aromatic heterocycles. The van der Waals surface area contributed by atoms with Crippen LogP contribution in [0.4, 0.5) is 4.39 Å². The van der Waals surface area contributed by atoms with Crippen LogP contribution in [0.15, 0.2) is 23.1 Å². The van der Waals surface area contributed by atoms with Gasteiger partial charge in [-0.05, 0) is 41.9 Å². The normalized spacial score (nSPS) is 20.4. The van der Waals surface area contributed by atoms with Crippen LogP contribution >= 0.6 is 23.4 Å². The second-order valence-corrected chi connectivity index (χ2v) is 8.27. The highest BCUT2D eigenvalue weighted by Crippen LogP contribution is 2.36. The van der Waals surface area contributed by atoms with Crippen molar-refractivity contribution in [3.05, 3.63) is 29.6 Å². The number of fused-ring (bicyclic) bond motifs is 1. The van der Waals surface area contributed by atoms with Gasteiger partial charge in [-0.1, -0.05) is 6.92 Å². The molecule has 2 unspecified atom stereocenters. The van der Waals surface area contributed by atoms with E-state index in [0.29, 0.717) is 12.3 Å². The van der Waals surface area contributed by atoms with Crippen LogP contribution < -0.4 is 4.72 Å². The molecule has 1 N–H and O–H groups in total. The first-order valence-corrected chi connectivity index (χ1v) is 9.57. The van der Waals surface area contributed by atoms with E-state index in [9.17, 15) is 12.8 Å². The number of sulfonamides is 1. The Balaban J connectivity index is 2.18. The zero-order valence-electron chi connectivity index (χ0n) is 11.1. The minimum atomic E-state index is -3.41. The smallest absolute Gasteiger partial charge is 0.212 e. The molecular weight excluding hydrogens is 321 g/mol. The number of rotatable bonds is 5. The second kappa shape index (κ2) is 6.64. The van der Waals surface area contributed by atoms with Crippen molar-refractivity contribution >= 4 is 33.4 Å². The van der Waals surface area contributed by atoms with Gasteiger partial charge < -0.3 is 0 Å². The molecule has 0 amide bonds. The number of nitrogens with one attached hydrogen (secondary N) is 1. The molecule has 7 heteroatoms. The third kappa shape index (κ3) is 4.10. The average Bonchev–Trinajstić information content (AvgIpc) is 2.38. The van der Waals surface area contributed by atoms with Gasteiger partial charge in [-0.25, -0.2) is 17.5 Å². The standard InChI is InChI=1S/C13H17ClFNO2S2/c1-9(7-14)8-20(17,18)16-12-4-5-19-13-3-2-10(15)6-11(12)13/h2-3,6,9,12,16H,4-5,7-8H2,1H3. The van der Waals surface area contributed by atoms with E-state index >= 15 is 0 Å². The van der Waals surface area contributed by atoms with Gasteiger partial charge in [-0.2, -0.15) is 0 Å². The number of thioether (sulfide) groups is 1. The molecule has 1 heterocycles. The molecule has 20 heavy (non-hydrogen) atoms. The van der Waals surface area contributed by atoms with Crippen molar-refractivity contribution in [1.82, 2.24) is 4.72 Å². The number of halogens is 2. The SMILES string of the molecule is CC(CCl)CS(=O)(=O)NC1CCSc2ccc(F)cc21. The van der Waals surface area contributed by atoms with Crippen LogP contribution in [-0.4, -0.2) is 25.8 Å². The Kier molecular flexibility index (Phi) is 5.34. The van der Waals surface area contributed by atoms with E-state index in [0.717, 1.165) is 16.2 Å². The molecule has 0 radical (unpaired) electrons. The Morgan fingerprint density at radius 2 is 2.30 bits per heavy atom. The van der Waals surface area contributed by atoms with Crippen molar-refractivity contribution in [3.63, 3.8) is 0 Å². The molecule has 0 spiro atoms. The largest absolute Gasteiger partial charge is 0.212 e. The van der Waals surface area contributed by atoms with Gasteiger partial charge in [0.1, 0.15) is 5.82 Å². The van der Waals surface area contributed by atoms with Crippen LogP contribution in [0.1, 0.15) is 24.9 Å². The first kappa shape index (κ1) is 16.1. The molecule has 0 saturated carbocycles. The third-order valence-electron chi connectivity index (χ3n) is 3.10. The molecule has 0 fully saturated rings. The fourth-order valence-corrected chi connectivity index (χ4v) is 5.16. The van der Waals surface area contributed by atoms with E-state index < -0.39 is 10.0 Å². The topological polar surface area (TPSA) is 46.2 Å². The summed E-state index contributed by atoms with van der Waals surface area (Å²) in [6.45, 7) is 1.79. The first-order chi connectivity index (χ1) is 9.41. The molecule has 2 rings (SSSR count). The predicted molar refractivity (Wildman–Crippen MR) is 81.3 cm³/mol. The molecule has 2 atom stereocenters. The zero-order valence-corrected chi connectivity index (χ0v) is 13.5. The quantitative estimate of drug-likeness (QED) is 0.839. The molecular formula is C13H17ClFNO2S2. The summed E-state index contributed by atoms with van der Waals surface area (Å²) in [6.07, 6.45) is 0.662. The van der Waals surface area contributed by atoms with Crippen LogP contribution in [0.2, 0.25) is 0 Å². The molecule has 112 valence electrons. The highest BCUT2D eigenvalue weighted by Gasteiger charge is 2.26. The summed E-state index contributed by atoms with van der Waals surface area (Å²) in [6, 6.07) is 4.17. The fraction of sp³-hybridized carbons (Fsp3) is 0.538. The van der Waals surface area contributed by atoms with Gasteiger partial charge >= 0.3 is 0 Å². The molecule has 1 aliphatic rings. The van der Waals surface area contributed by atoms with Gasteiger partial charge in [0.15, 0.2) is 0 Å². The minimum absolute atomic E-state index is 0.00914. The summed E-state index contributed by atoms with van der Waals surface area (Å²) in [5.74, 6) is 0.651. The van der Waals surface area contributed by atoms with Crippen molar-refractivity contribution in [2.24, 2.45) is 5.92 Å². The molecule has 1 aromatic carbocycles. The maximum Gasteiger partial charge on any atom is 0.212 e. The van der Waals surface area contributed by atoms with Crippen molar-refractivity contribution in [2.45, 2.75) is 24.3 Å². The number of benzene rings is 1. The molecule has 3 nitrogen and oxygen atoms in total. The van der Waals surface area contributed by atoms with Crippen molar-refractivity contribution < 1.29 is 12.8 Å². The summed E-state index contributed by atoms with van der Waals surface area (Å²) in [4.78, 5) is 0.941. The van der Waals surface area contributed by atoms with Crippen LogP contribution in [0.3, 0.4) is 0 Å². The molecule has 0 bridgehead atoms. The lowest BCUT2D eigenvalue weighted by Gasteiger charge is -2.26. The van der Waals surface area contributed by atoms with E-state index in [1.165, 1.54) is 12.1 Å². The first-order valence-electron chi connectivity index (χ1n) is 6.39. The Morgan fingerprint density at radius 1 is 1.55 bits per heavy atom. The summed E-state index contributed by atoms with van der Waals surface area (Å²) in [7, 11) is -3.41. The van der Waals surface area contributed by atoms with Gasteiger partial charge in [0.05, 0.1) is 5.75 Å². The number of alkyl halides is 1. The monoisotopic (exact) mass is 337 g/mol. The van der Waals surface area contributed by atoms with Crippen molar-refractivity contribution in [2.75, 3.05) is 17.4 Å². The van der Waals surface area contributed by atoms with Crippen molar-refractivity contribution in [1.29, 1.82) is 0 Å². The lowest BCUT2D eigenvalue weighted by Crippen LogP contribution is -2.34. The summed E-state index contributed by atoms with van der Waals surface area (Å²) in [5, 5.41) is 0. The van der Waals surface area contributed by atoms with E-state index in [4.69, 9.17) is 11.6 Å². The van der Waals surface area contributed by atoms with Crippen molar-refractivity contribution in [3.8, 4) is 0 Å². The molecule has 1 aromatic rings. The van der Waals surface area contributed by atoms with E-state index in [1.54, 1.807) is 24.8 Å². The summed E-state index contributed by atoms with van der Waals surface area (Å²) in [5.41, 5.74) is 0.725. The van der Waals surface area contributed by atoms with E-state index in [2.05, 4.69) is 4.72 Å². The molecule has 0 saturated heterocycles. The summed E-state index contributed by atoms with van der Waals surface area (Å²) >= 11 is 7.28. The Morgan fingerprint density at radius 3 is 3.00 bits per heavy atom. The fourth-order valence-electron chi connectivity index (χ4n) is 2.17. The summed E-state index contributed by atoms with van der Waals surface area (Å²) < 4.78 is 40.2. The Labute approximate surface area is 128 Å². The van der Waals surface area contributed by atoms with Crippen LogP contribution in [0.25, 0.3) is 0 Å². The minimum Gasteiger partial charge on any atom is -0.212 e. The number of hydrogen-bond donors (Lipinski definition) is 1. The highest BCUT2D eigenvalue weighted by atomic mass is 35.5. The van der Waals surface area contributed by atoms with Gasteiger partial charge in [0.25, 0.3) is 0 Å². The Bertz CT molecular complexity index is 580. The lowest BCUT2D eigenvalue weighted by molar-refractivity contribution is 0.533. The zero-order chi connectivity index (χ0) is 14.8. The Hall–Kier alpha value is -0.300. The lowest BCUT2D eigenvalue weighted by atomic mass is 10.0. The van der Waals surface area contributed by atoms with E-state index in [1.807, 2.05) is 0 Å². The molecule has 0 aliphatic carbocycles. The van der Waals surface area contributed by atoms with Crippen LogP contribution in [0, 0.1) is 11.7 Å². The van der Waals surface area contributed by atoms with Gasteiger partial charge in [-0.3, -0.25) is 0 Å². The van der Waals surface area contributed by atoms with Gasteiger partial charge in [0, 0.05) is 16.8 Å². The number of hydrogen-bond acceptors (Lipinski definition) is 3. The second-order valence-electron chi connectivity index (χ2n) is 5.03. The van der Waals surface area contributed by atoms with Crippen LogP contribution in [-0.2, 0) is 10.0 Å². The maximum absolute atomic E-state index is 13.4. The molecule has 1 aliphatic heterocycles. The average molecular weight is 338 g/mol.